The van der Waals surface area contributed by atoms with Gasteiger partial charge in [0.2, 0.25) is 0 Å². The third-order valence-electron chi connectivity index (χ3n) is 4.44. The van der Waals surface area contributed by atoms with E-state index in [1.807, 2.05) is 35.8 Å². The van der Waals surface area contributed by atoms with Crippen LogP contribution in [0.2, 0.25) is 5.02 Å². The lowest BCUT2D eigenvalue weighted by Gasteiger charge is -2.41. The first-order valence-corrected chi connectivity index (χ1v) is 8.87. The fraction of sp³-hybridized carbons (Fsp3) is 0.294. The second-order valence-corrected chi connectivity index (χ2v) is 7.14. The molecule has 1 aliphatic carbocycles. The van der Waals surface area contributed by atoms with E-state index in [2.05, 4.69) is 15.5 Å². The van der Waals surface area contributed by atoms with Crippen LogP contribution in [0.25, 0.3) is 11.1 Å². The van der Waals surface area contributed by atoms with Crippen molar-refractivity contribution in [2.24, 2.45) is 0 Å². The Morgan fingerprint density at radius 3 is 2.74 bits per heavy atom. The maximum atomic E-state index is 5.96. The minimum atomic E-state index is 0.00435. The Kier molecular flexibility index (Phi) is 3.93. The van der Waals surface area contributed by atoms with Crippen LogP contribution in [-0.4, -0.2) is 10.1 Å². The van der Waals surface area contributed by atoms with E-state index in [9.17, 15) is 0 Å². The molecule has 1 N–H and O–H groups in total. The summed E-state index contributed by atoms with van der Waals surface area (Å²) in [5, 5.41) is 11.8. The van der Waals surface area contributed by atoms with Gasteiger partial charge in [0.1, 0.15) is 17.0 Å². The number of aromatic nitrogens is 2. The van der Waals surface area contributed by atoms with Crippen LogP contribution in [0.5, 0.6) is 0 Å². The summed E-state index contributed by atoms with van der Waals surface area (Å²) in [5.74, 6) is 0. The van der Waals surface area contributed by atoms with Crippen molar-refractivity contribution in [3.8, 4) is 11.1 Å². The molecule has 0 saturated heterocycles. The van der Waals surface area contributed by atoms with E-state index >= 15 is 0 Å². The SMILES string of the molecule is Clc1ccc(-c2conc2CNC2(c3nccs3)CCC2)cc1. The number of nitrogens with one attached hydrogen (secondary N) is 1. The van der Waals surface area contributed by atoms with Crippen molar-refractivity contribution in [1.82, 2.24) is 15.5 Å². The fourth-order valence-corrected chi connectivity index (χ4v) is 3.96. The first-order valence-electron chi connectivity index (χ1n) is 7.61. The van der Waals surface area contributed by atoms with Crippen molar-refractivity contribution in [3.63, 3.8) is 0 Å². The van der Waals surface area contributed by atoms with E-state index in [1.165, 1.54) is 11.4 Å². The van der Waals surface area contributed by atoms with Crippen molar-refractivity contribution >= 4 is 22.9 Å². The van der Waals surface area contributed by atoms with Crippen LogP contribution in [0.4, 0.5) is 0 Å². The van der Waals surface area contributed by atoms with Gasteiger partial charge in [-0.05, 0) is 37.0 Å². The maximum Gasteiger partial charge on any atom is 0.131 e. The summed E-state index contributed by atoms with van der Waals surface area (Å²) >= 11 is 7.67. The Bertz CT molecular complexity index is 779. The number of nitrogens with zero attached hydrogens (tertiary/aromatic N) is 2. The summed E-state index contributed by atoms with van der Waals surface area (Å²) in [6.07, 6.45) is 7.03. The zero-order chi connectivity index (χ0) is 15.7. The molecule has 0 aliphatic heterocycles. The van der Waals surface area contributed by atoms with Crippen molar-refractivity contribution in [1.29, 1.82) is 0 Å². The van der Waals surface area contributed by atoms with Gasteiger partial charge in [-0.3, -0.25) is 5.32 Å². The van der Waals surface area contributed by atoms with Crippen LogP contribution in [0, 0.1) is 0 Å². The predicted molar refractivity (Wildman–Crippen MR) is 91.4 cm³/mol. The van der Waals surface area contributed by atoms with Gasteiger partial charge in [0, 0.05) is 28.7 Å². The van der Waals surface area contributed by atoms with Crippen molar-refractivity contribution in [3.05, 3.63) is 57.8 Å². The third kappa shape index (κ3) is 2.80. The van der Waals surface area contributed by atoms with E-state index < -0.39 is 0 Å². The Morgan fingerprint density at radius 2 is 2.09 bits per heavy atom. The quantitative estimate of drug-likeness (QED) is 0.733. The molecule has 4 nitrogen and oxygen atoms in total. The van der Waals surface area contributed by atoms with Gasteiger partial charge in [0.15, 0.2) is 0 Å². The zero-order valence-corrected chi connectivity index (χ0v) is 14.0. The summed E-state index contributed by atoms with van der Waals surface area (Å²) in [6, 6.07) is 7.73. The van der Waals surface area contributed by atoms with Crippen LogP contribution >= 0.6 is 22.9 Å². The number of benzene rings is 1. The standard InChI is InChI=1S/C17H16ClN3OS/c18-13-4-2-12(3-5-13)14-11-22-21-15(14)10-20-17(6-1-7-17)16-19-8-9-23-16/h2-5,8-9,11,20H,1,6-7,10H2. The monoisotopic (exact) mass is 345 g/mol. The molecule has 3 aromatic rings. The molecule has 0 bridgehead atoms. The van der Waals surface area contributed by atoms with E-state index in [-0.39, 0.29) is 5.54 Å². The van der Waals surface area contributed by atoms with Crippen LogP contribution in [0.15, 0.2) is 46.6 Å². The van der Waals surface area contributed by atoms with Crippen molar-refractivity contribution in [2.45, 2.75) is 31.3 Å². The van der Waals surface area contributed by atoms with Gasteiger partial charge in [-0.1, -0.05) is 28.9 Å². The Balaban J connectivity index is 1.54. The lowest BCUT2D eigenvalue weighted by atomic mass is 9.77. The van der Waals surface area contributed by atoms with Crippen molar-refractivity contribution in [2.75, 3.05) is 0 Å². The van der Waals surface area contributed by atoms with Crippen LogP contribution in [-0.2, 0) is 12.1 Å². The number of rotatable bonds is 5. The van der Waals surface area contributed by atoms with Gasteiger partial charge < -0.3 is 4.52 Å². The molecule has 0 amide bonds. The van der Waals surface area contributed by atoms with Crippen molar-refractivity contribution < 1.29 is 4.52 Å². The summed E-state index contributed by atoms with van der Waals surface area (Å²) in [7, 11) is 0. The molecule has 118 valence electrons. The first-order chi connectivity index (χ1) is 11.3. The zero-order valence-electron chi connectivity index (χ0n) is 12.5. The average Bonchev–Trinajstić information content (AvgIpc) is 3.19. The molecule has 1 saturated carbocycles. The molecule has 0 unspecified atom stereocenters. The highest BCUT2D eigenvalue weighted by Crippen LogP contribution is 2.42. The molecule has 2 heterocycles. The molecule has 0 spiro atoms. The number of thiazole rings is 1. The third-order valence-corrected chi connectivity index (χ3v) is 5.67. The Morgan fingerprint density at radius 1 is 1.26 bits per heavy atom. The highest BCUT2D eigenvalue weighted by atomic mass is 35.5. The highest BCUT2D eigenvalue weighted by molar-refractivity contribution is 7.09. The Hall–Kier alpha value is -1.69. The number of hydrogen-bond acceptors (Lipinski definition) is 5. The number of hydrogen-bond donors (Lipinski definition) is 1. The minimum Gasteiger partial charge on any atom is -0.364 e. The van der Waals surface area contributed by atoms with Gasteiger partial charge in [0.25, 0.3) is 0 Å². The van der Waals surface area contributed by atoms with Crippen LogP contribution in [0.3, 0.4) is 0 Å². The largest absolute Gasteiger partial charge is 0.364 e. The van der Waals surface area contributed by atoms with E-state index in [0.717, 1.165) is 34.7 Å². The smallest absolute Gasteiger partial charge is 0.131 e. The molecular formula is C17H16ClN3OS. The lowest BCUT2D eigenvalue weighted by molar-refractivity contribution is 0.181. The molecule has 1 fully saturated rings. The topological polar surface area (TPSA) is 51.0 Å². The number of halogens is 1. The molecule has 4 rings (SSSR count). The molecule has 1 aliphatic rings. The summed E-state index contributed by atoms with van der Waals surface area (Å²) < 4.78 is 5.20. The first kappa shape index (κ1) is 14.9. The van der Waals surface area contributed by atoms with Gasteiger partial charge in [-0.15, -0.1) is 11.3 Å². The summed E-state index contributed by atoms with van der Waals surface area (Å²) in [4.78, 5) is 4.50. The van der Waals surface area contributed by atoms with Gasteiger partial charge >= 0.3 is 0 Å². The van der Waals surface area contributed by atoms with E-state index in [1.54, 1.807) is 17.6 Å². The predicted octanol–water partition coefficient (Wildman–Crippen LogP) is 4.62. The molecule has 0 radical (unpaired) electrons. The molecule has 6 heteroatoms. The average molecular weight is 346 g/mol. The van der Waals surface area contributed by atoms with Gasteiger partial charge in [-0.25, -0.2) is 4.98 Å². The highest BCUT2D eigenvalue weighted by Gasteiger charge is 2.40. The molecule has 0 atom stereocenters. The van der Waals surface area contributed by atoms with E-state index in [4.69, 9.17) is 16.1 Å². The van der Waals surface area contributed by atoms with Crippen LogP contribution in [0.1, 0.15) is 30.0 Å². The second-order valence-electron chi connectivity index (χ2n) is 5.81. The minimum absolute atomic E-state index is 0.00435. The fourth-order valence-electron chi connectivity index (χ4n) is 2.96. The summed E-state index contributed by atoms with van der Waals surface area (Å²) in [5.41, 5.74) is 2.98. The van der Waals surface area contributed by atoms with E-state index in [0.29, 0.717) is 6.54 Å². The van der Waals surface area contributed by atoms with Crippen LogP contribution < -0.4 is 5.32 Å². The molecular weight excluding hydrogens is 330 g/mol. The molecule has 1 aromatic carbocycles. The molecule has 2 aromatic heterocycles. The summed E-state index contributed by atoms with van der Waals surface area (Å²) in [6.45, 7) is 0.661. The lowest BCUT2D eigenvalue weighted by Crippen LogP contribution is -2.47. The maximum absolute atomic E-state index is 5.96. The second kappa shape index (κ2) is 6.07. The van der Waals surface area contributed by atoms with Gasteiger partial charge in [0.05, 0.1) is 5.54 Å². The van der Waals surface area contributed by atoms with Gasteiger partial charge in [-0.2, -0.15) is 0 Å². The normalized spacial score (nSPS) is 16.2. The Labute approximate surface area is 143 Å². The molecule has 23 heavy (non-hydrogen) atoms.